The fourth-order valence-corrected chi connectivity index (χ4v) is 3.96. The highest BCUT2D eigenvalue weighted by molar-refractivity contribution is 6.01. The van der Waals surface area contributed by atoms with Gasteiger partial charge in [-0.25, -0.2) is 8.78 Å². The van der Waals surface area contributed by atoms with E-state index in [4.69, 9.17) is 4.74 Å². The second kappa shape index (κ2) is 9.30. The molecule has 1 aromatic carbocycles. The minimum absolute atomic E-state index is 0.0990. The molecule has 2 amide bonds. The summed E-state index contributed by atoms with van der Waals surface area (Å²) < 4.78 is 34.8. The summed E-state index contributed by atoms with van der Waals surface area (Å²) in [5.74, 6) is -2.55. The average molecular weight is 437 g/mol. The van der Waals surface area contributed by atoms with E-state index < -0.39 is 29.2 Å². The van der Waals surface area contributed by atoms with Crippen LogP contribution in [0, 0.1) is 11.6 Å². The summed E-state index contributed by atoms with van der Waals surface area (Å²) in [5, 5.41) is 4.88. The second-order valence-corrected chi connectivity index (χ2v) is 9.14. The quantitative estimate of drug-likeness (QED) is 0.544. The number of carbonyl (C=O) groups excluding carboxylic acids is 3. The van der Waals surface area contributed by atoms with E-state index in [9.17, 15) is 23.2 Å². The van der Waals surface area contributed by atoms with E-state index in [2.05, 4.69) is 10.6 Å². The molecule has 2 N–H and O–H groups in total. The lowest BCUT2D eigenvalue weighted by atomic mass is 9.88. The molecule has 3 rings (SSSR count). The van der Waals surface area contributed by atoms with Crippen LogP contribution in [-0.2, 0) is 19.1 Å². The van der Waals surface area contributed by atoms with Gasteiger partial charge in [0.25, 0.3) is 0 Å². The van der Waals surface area contributed by atoms with Crippen molar-refractivity contribution in [3.05, 3.63) is 29.3 Å². The maximum Gasteiger partial charge on any atom is 0.320 e. The predicted octanol–water partition coefficient (Wildman–Crippen LogP) is 2.70. The van der Waals surface area contributed by atoms with Crippen LogP contribution in [0.2, 0.25) is 0 Å². The predicted molar refractivity (Wildman–Crippen MR) is 110 cm³/mol. The molecule has 1 unspecified atom stereocenters. The number of rotatable bonds is 5. The summed E-state index contributed by atoms with van der Waals surface area (Å²) in [5.41, 5.74) is -0.346. The van der Waals surface area contributed by atoms with Crippen molar-refractivity contribution in [3.8, 4) is 0 Å². The Hall–Kier alpha value is -2.55. The molecule has 9 heteroatoms. The lowest BCUT2D eigenvalue weighted by Gasteiger charge is -2.32. The fourth-order valence-electron chi connectivity index (χ4n) is 3.96. The molecule has 7 nitrogen and oxygen atoms in total. The van der Waals surface area contributed by atoms with Crippen molar-refractivity contribution in [2.75, 3.05) is 25.0 Å². The van der Waals surface area contributed by atoms with Crippen LogP contribution in [0.5, 0.6) is 0 Å². The number of carbonyl (C=O) groups is 3. The van der Waals surface area contributed by atoms with Gasteiger partial charge in [-0.05, 0) is 70.7 Å². The number of amides is 2. The fraction of sp³-hybridized carbons (Fsp3) is 0.591. The number of ether oxygens (including phenoxy) is 1. The van der Waals surface area contributed by atoms with Gasteiger partial charge in [-0.1, -0.05) is 0 Å². The SMILES string of the molecule is CC(C)(C)OC(=O)CN1CCC(c2cc(F)c(NC3CCC(=O)NC3=O)cc2F)CC1. The lowest BCUT2D eigenvalue weighted by molar-refractivity contribution is -0.156. The van der Waals surface area contributed by atoms with Crippen LogP contribution in [0.3, 0.4) is 0 Å². The summed E-state index contributed by atoms with van der Waals surface area (Å²) in [4.78, 5) is 37.0. The van der Waals surface area contributed by atoms with Crippen molar-refractivity contribution >= 4 is 23.5 Å². The highest BCUT2D eigenvalue weighted by atomic mass is 19.1. The van der Waals surface area contributed by atoms with Crippen molar-refractivity contribution in [1.29, 1.82) is 0 Å². The Morgan fingerprint density at radius 2 is 1.84 bits per heavy atom. The number of hydrogen-bond donors (Lipinski definition) is 2. The highest BCUT2D eigenvalue weighted by Crippen LogP contribution is 2.33. The van der Waals surface area contributed by atoms with Crippen LogP contribution < -0.4 is 10.6 Å². The molecule has 0 saturated carbocycles. The number of halogens is 2. The number of piperidine rings is 2. The smallest absolute Gasteiger partial charge is 0.320 e. The molecular weight excluding hydrogens is 408 g/mol. The van der Waals surface area contributed by atoms with Gasteiger partial charge >= 0.3 is 5.97 Å². The first-order valence-corrected chi connectivity index (χ1v) is 10.5. The molecule has 2 fully saturated rings. The molecule has 2 aliphatic heterocycles. The van der Waals surface area contributed by atoms with E-state index in [0.29, 0.717) is 31.5 Å². The third kappa shape index (κ3) is 6.22. The molecular formula is C22H29F2N3O4. The third-order valence-corrected chi connectivity index (χ3v) is 5.46. The zero-order valence-electron chi connectivity index (χ0n) is 18.1. The van der Waals surface area contributed by atoms with Gasteiger partial charge in [-0.3, -0.25) is 24.6 Å². The molecule has 0 spiro atoms. The van der Waals surface area contributed by atoms with E-state index in [1.54, 1.807) is 0 Å². The lowest BCUT2D eigenvalue weighted by Crippen LogP contribution is -2.47. The summed E-state index contributed by atoms with van der Waals surface area (Å²) in [6.45, 7) is 6.78. The van der Waals surface area contributed by atoms with Gasteiger partial charge in [0.15, 0.2) is 0 Å². The van der Waals surface area contributed by atoms with Gasteiger partial charge in [0.1, 0.15) is 23.3 Å². The van der Waals surface area contributed by atoms with Crippen molar-refractivity contribution in [2.24, 2.45) is 0 Å². The Morgan fingerprint density at radius 1 is 1.16 bits per heavy atom. The maximum absolute atomic E-state index is 14.8. The van der Waals surface area contributed by atoms with E-state index in [1.807, 2.05) is 25.7 Å². The first-order chi connectivity index (χ1) is 14.5. The van der Waals surface area contributed by atoms with Crippen molar-refractivity contribution in [1.82, 2.24) is 10.2 Å². The normalized spacial score (nSPS) is 21.0. The van der Waals surface area contributed by atoms with Gasteiger partial charge < -0.3 is 10.1 Å². The number of anilines is 1. The van der Waals surface area contributed by atoms with E-state index in [0.717, 1.165) is 6.07 Å². The first kappa shape index (κ1) is 23.1. The van der Waals surface area contributed by atoms with Gasteiger partial charge in [0.05, 0.1) is 12.2 Å². The van der Waals surface area contributed by atoms with E-state index in [-0.39, 0.29) is 42.9 Å². The molecule has 0 aliphatic carbocycles. The zero-order chi connectivity index (χ0) is 22.8. The van der Waals surface area contributed by atoms with Crippen molar-refractivity contribution in [3.63, 3.8) is 0 Å². The minimum Gasteiger partial charge on any atom is -0.459 e. The first-order valence-electron chi connectivity index (χ1n) is 10.5. The summed E-state index contributed by atoms with van der Waals surface area (Å²) in [6.07, 6.45) is 1.56. The van der Waals surface area contributed by atoms with Gasteiger partial charge in [0.2, 0.25) is 11.8 Å². The Kier molecular flexibility index (Phi) is 6.93. The average Bonchev–Trinajstić information content (AvgIpc) is 2.65. The third-order valence-electron chi connectivity index (χ3n) is 5.46. The molecule has 2 aliphatic rings. The molecule has 1 atom stereocenters. The van der Waals surface area contributed by atoms with Gasteiger partial charge in [-0.2, -0.15) is 0 Å². The maximum atomic E-state index is 14.8. The Bertz CT molecular complexity index is 861. The number of benzene rings is 1. The van der Waals surface area contributed by atoms with Gasteiger partial charge in [0, 0.05) is 12.5 Å². The molecule has 2 heterocycles. The standard InChI is InChI=1S/C22H29F2N3O4/c1-22(2,3)31-20(29)12-27-8-6-13(7-9-27)14-10-16(24)18(11-15(14)23)25-17-4-5-19(28)26-21(17)30/h10-11,13,17,25H,4-9,12H2,1-3H3,(H,26,28,30). The minimum atomic E-state index is -0.784. The number of hydrogen-bond acceptors (Lipinski definition) is 6. The van der Waals surface area contributed by atoms with E-state index in [1.165, 1.54) is 6.07 Å². The number of likely N-dealkylation sites (tertiary alicyclic amines) is 1. The number of imide groups is 1. The molecule has 0 bridgehead atoms. The number of nitrogens with zero attached hydrogens (tertiary/aromatic N) is 1. The van der Waals surface area contributed by atoms with Crippen LogP contribution in [0.1, 0.15) is 57.9 Å². The highest BCUT2D eigenvalue weighted by Gasteiger charge is 2.29. The number of esters is 1. The molecule has 170 valence electrons. The second-order valence-electron chi connectivity index (χ2n) is 9.14. The molecule has 0 aromatic heterocycles. The van der Waals surface area contributed by atoms with Crippen LogP contribution >= 0.6 is 0 Å². The number of nitrogens with one attached hydrogen (secondary N) is 2. The summed E-state index contributed by atoms with van der Waals surface area (Å²) in [7, 11) is 0. The zero-order valence-corrected chi connectivity index (χ0v) is 18.1. The Labute approximate surface area is 180 Å². The Morgan fingerprint density at radius 3 is 2.45 bits per heavy atom. The van der Waals surface area contributed by atoms with Crippen LogP contribution in [0.4, 0.5) is 14.5 Å². The molecule has 31 heavy (non-hydrogen) atoms. The topological polar surface area (TPSA) is 87.7 Å². The summed E-state index contributed by atoms with van der Waals surface area (Å²) >= 11 is 0. The molecule has 2 saturated heterocycles. The summed E-state index contributed by atoms with van der Waals surface area (Å²) in [6, 6.07) is 1.47. The monoisotopic (exact) mass is 437 g/mol. The van der Waals surface area contributed by atoms with E-state index >= 15 is 0 Å². The van der Waals surface area contributed by atoms with Crippen molar-refractivity contribution < 1.29 is 27.9 Å². The van der Waals surface area contributed by atoms with Crippen molar-refractivity contribution in [2.45, 2.75) is 64.0 Å². The largest absolute Gasteiger partial charge is 0.459 e. The van der Waals surface area contributed by atoms with Crippen LogP contribution in [-0.4, -0.2) is 54.0 Å². The molecule has 0 radical (unpaired) electrons. The Balaban J connectivity index is 1.59. The van der Waals surface area contributed by atoms with Crippen LogP contribution in [0.25, 0.3) is 0 Å². The molecule has 1 aromatic rings. The van der Waals surface area contributed by atoms with Crippen LogP contribution in [0.15, 0.2) is 12.1 Å². The van der Waals surface area contributed by atoms with Gasteiger partial charge in [-0.15, -0.1) is 0 Å².